The Kier molecular flexibility index (Phi) is 4.85. The molecule has 1 aromatic rings. The highest BCUT2D eigenvalue weighted by Crippen LogP contribution is 2.13. The normalized spacial score (nSPS) is 16.9. The highest BCUT2D eigenvalue weighted by atomic mass is 35.5. The predicted molar refractivity (Wildman–Crippen MR) is 62.7 cm³/mol. The summed E-state index contributed by atoms with van der Waals surface area (Å²) in [5, 5.41) is 2.19. The van der Waals surface area contributed by atoms with Crippen LogP contribution in [0.2, 0.25) is 0 Å². The van der Waals surface area contributed by atoms with Crippen LogP contribution in [0.3, 0.4) is 0 Å². The number of benzene rings is 1. The molecule has 1 aliphatic heterocycles. The van der Waals surface area contributed by atoms with Crippen molar-refractivity contribution in [1.29, 1.82) is 0 Å². The Morgan fingerprint density at radius 1 is 1.00 bits per heavy atom. The van der Waals surface area contributed by atoms with E-state index in [1.54, 1.807) is 12.1 Å². The number of hydrazine groups is 1. The zero-order valence-corrected chi connectivity index (χ0v) is 9.39. The standard InChI is InChI=1S/C11H15FN2.ClH/c12-10-4-6-11(7-5-10)13-14-8-2-1-3-9-14;/h4-7,13H,1-3,8-9H2;1H. The third-order valence-corrected chi connectivity index (χ3v) is 2.49. The van der Waals surface area contributed by atoms with E-state index in [1.165, 1.54) is 31.4 Å². The number of hydrogen-bond acceptors (Lipinski definition) is 2. The second-order valence-electron chi connectivity index (χ2n) is 3.67. The Morgan fingerprint density at radius 3 is 2.20 bits per heavy atom. The van der Waals surface area contributed by atoms with E-state index in [1.807, 2.05) is 0 Å². The third-order valence-electron chi connectivity index (χ3n) is 2.49. The Morgan fingerprint density at radius 2 is 1.60 bits per heavy atom. The van der Waals surface area contributed by atoms with Crippen LogP contribution in [0.15, 0.2) is 24.3 Å². The van der Waals surface area contributed by atoms with Crippen molar-refractivity contribution in [3.63, 3.8) is 0 Å². The van der Waals surface area contributed by atoms with Gasteiger partial charge in [-0.25, -0.2) is 9.40 Å². The molecule has 1 heterocycles. The first-order valence-electron chi connectivity index (χ1n) is 5.12. The molecule has 0 spiro atoms. The third kappa shape index (κ3) is 3.68. The van der Waals surface area contributed by atoms with Gasteiger partial charge in [0.05, 0.1) is 0 Å². The van der Waals surface area contributed by atoms with Crippen molar-refractivity contribution in [2.24, 2.45) is 0 Å². The van der Waals surface area contributed by atoms with E-state index in [9.17, 15) is 4.39 Å². The number of nitrogens with zero attached hydrogens (tertiary/aromatic N) is 1. The molecular weight excluding hydrogens is 215 g/mol. The molecule has 4 heteroatoms. The molecular formula is C11H16ClFN2. The van der Waals surface area contributed by atoms with E-state index < -0.39 is 0 Å². The fourth-order valence-corrected chi connectivity index (χ4v) is 1.71. The van der Waals surface area contributed by atoms with Crippen molar-refractivity contribution in [3.8, 4) is 0 Å². The molecule has 15 heavy (non-hydrogen) atoms. The molecule has 0 atom stereocenters. The molecule has 2 rings (SSSR count). The van der Waals surface area contributed by atoms with Crippen LogP contribution in [0.4, 0.5) is 10.1 Å². The zero-order chi connectivity index (χ0) is 9.80. The summed E-state index contributed by atoms with van der Waals surface area (Å²) in [6.45, 7) is 2.16. The molecule has 2 nitrogen and oxygen atoms in total. The second kappa shape index (κ2) is 5.93. The molecule has 1 fully saturated rings. The molecule has 0 saturated carbocycles. The number of nitrogens with one attached hydrogen (secondary N) is 1. The van der Waals surface area contributed by atoms with Crippen molar-refractivity contribution in [3.05, 3.63) is 30.1 Å². The molecule has 0 amide bonds. The van der Waals surface area contributed by atoms with Crippen LogP contribution in [-0.4, -0.2) is 18.1 Å². The summed E-state index contributed by atoms with van der Waals surface area (Å²) in [5.74, 6) is -0.186. The quantitative estimate of drug-likeness (QED) is 0.840. The molecule has 1 aromatic carbocycles. The van der Waals surface area contributed by atoms with Crippen LogP contribution in [0.25, 0.3) is 0 Å². The Balaban J connectivity index is 0.00000112. The van der Waals surface area contributed by atoms with Gasteiger partial charge in [-0.1, -0.05) is 6.42 Å². The number of anilines is 1. The van der Waals surface area contributed by atoms with Crippen molar-refractivity contribution in [2.45, 2.75) is 19.3 Å². The van der Waals surface area contributed by atoms with Crippen LogP contribution >= 0.6 is 12.4 Å². The summed E-state index contributed by atoms with van der Waals surface area (Å²) in [6.07, 6.45) is 3.81. The Bertz CT molecular complexity index is 283. The second-order valence-corrected chi connectivity index (χ2v) is 3.67. The molecule has 0 aromatic heterocycles. The van der Waals surface area contributed by atoms with E-state index in [0.29, 0.717) is 0 Å². The van der Waals surface area contributed by atoms with Gasteiger partial charge in [-0.05, 0) is 37.1 Å². The average molecular weight is 231 g/mol. The number of piperidine rings is 1. The van der Waals surface area contributed by atoms with Gasteiger partial charge in [-0.3, -0.25) is 0 Å². The van der Waals surface area contributed by atoms with Gasteiger partial charge in [0.15, 0.2) is 0 Å². The van der Waals surface area contributed by atoms with Gasteiger partial charge in [0, 0.05) is 18.8 Å². The van der Waals surface area contributed by atoms with Crippen molar-refractivity contribution in [2.75, 3.05) is 18.5 Å². The number of rotatable bonds is 2. The predicted octanol–water partition coefficient (Wildman–Crippen LogP) is 3.06. The van der Waals surface area contributed by atoms with E-state index in [0.717, 1.165) is 18.8 Å². The maximum atomic E-state index is 12.6. The van der Waals surface area contributed by atoms with E-state index >= 15 is 0 Å². The van der Waals surface area contributed by atoms with Crippen LogP contribution in [0.1, 0.15) is 19.3 Å². The monoisotopic (exact) mass is 230 g/mol. The smallest absolute Gasteiger partial charge is 0.123 e. The van der Waals surface area contributed by atoms with Gasteiger partial charge < -0.3 is 5.43 Å². The molecule has 0 aliphatic carbocycles. The fraction of sp³-hybridized carbons (Fsp3) is 0.455. The van der Waals surface area contributed by atoms with Gasteiger partial charge in [0.2, 0.25) is 0 Å². The molecule has 0 radical (unpaired) electrons. The fourth-order valence-electron chi connectivity index (χ4n) is 1.71. The first-order valence-corrected chi connectivity index (χ1v) is 5.12. The lowest BCUT2D eigenvalue weighted by Gasteiger charge is -2.27. The maximum absolute atomic E-state index is 12.6. The first kappa shape index (κ1) is 12.3. The largest absolute Gasteiger partial charge is 0.319 e. The average Bonchev–Trinajstić information content (AvgIpc) is 2.23. The summed E-state index contributed by atoms with van der Waals surface area (Å²) in [4.78, 5) is 0. The summed E-state index contributed by atoms with van der Waals surface area (Å²) in [6, 6.07) is 6.49. The lowest BCUT2D eigenvalue weighted by molar-refractivity contribution is 0.273. The molecule has 1 saturated heterocycles. The van der Waals surface area contributed by atoms with Crippen molar-refractivity contribution >= 4 is 18.1 Å². The first-order chi connectivity index (χ1) is 6.84. The SMILES string of the molecule is Cl.Fc1ccc(NN2CCCCC2)cc1. The highest BCUT2D eigenvalue weighted by Gasteiger charge is 2.08. The highest BCUT2D eigenvalue weighted by molar-refractivity contribution is 5.85. The summed E-state index contributed by atoms with van der Waals surface area (Å²) in [5.41, 5.74) is 4.24. The van der Waals surface area contributed by atoms with Crippen molar-refractivity contribution < 1.29 is 4.39 Å². The molecule has 0 unspecified atom stereocenters. The summed E-state index contributed by atoms with van der Waals surface area (Å²) >= 11 is 0. The minimum atomic E-state index is -0.186. The molecule has 1 N–H and O–H groups in total. The van der Waals surface area contributed by atoms with Crippen molar-refractivity contribution in [1.82, 2.24) is 5.01 Å². The van der Waals surface area contributed by atoms with Gasteiger partial charge in [0.25, 0.3) is 0 Å². The molecule has 1 aliphatic rings. The minimum absolute atomic E-state index is 0. The summed E-state index contributed by atoms with van der Waals surface area (Å²) < 4.78 is 12.6. The Hall–Kier alpha value is -0.800. The molecule has 84 valence electrons. The van der Waals surface area contributed by atoms with Crippen LogP contribution in [0, 0.1) is 5.82 Å². The van der Waals surface area contributed by atoms with Gasteiger partial charge >= 0.3 is 0 Å². The minimum Gasteiger partial charge on any atom is -0.319 e. The van der Waals surface area contributed by atoms with Crippen LogP contribution in [0.5, 0.6) is 0 Å². The van der Waals surface area contributed by atoms with E-state index in [-0.39, 0.29) is 18.2 Å². The van der Waals surface area contributed by atoms with E-state index in [4.69, 9.17) is 0 Å². The Labute approximate surface area is 95.8 Å². The topological polar surface area (TPSA) is 15.3 Å². The van der Waals surface area contributed by atoms with Gasteiger partial charge in [0.1, 0.15) is 5.82 Å². The van der Waals surface area contributed by atoms with Crippen LogP contribution in [-0.2, 0) is 0 Å². The number of hydrogen-bond donors (Lipinski definition) is 1. The molecule has 0 bridgehead atoms. The maximum Gasteiger partial charge on any atom is 0.123 e. The lowest BCUT2D eigenvalue weighted by atomic mass is 10.2. The zero-order valence-electron chi connectivity index (χ0n) is 8.58. The van der Waals surface area contributed by atoms with Gasteiger partial charge in [-0.15, -0.1) is 12.4 Å². The lowest BCUT2D eigenvalue weighted by Crippen LogP contribution is -2.34. The number of halogens is 2. The van der Waals surface area contributed by atoms with Crippen LogP contribution < -0.4 is 5.43 Å². The van der Waals surface area contributed by atoms with E-state index in [2.05, 4.69) is 10.4 Å². The summed E-state index contributed by atoms with van der Waals surface area (Å²) in [7, 11) is 0. The van der Waals surface area contributed by atoms with Gasteiger partial charge in [-0.2, -0.15) is 0 Å².